The summed E-state index contributed by atoms with van der Waals surface area (Å²) in [5.41, 5.74) is -0.587. The summed E-state index contributed by atoms with van der Waals surface area (Å²) in [7, 11) is 0. The molecule has 0 radical (unpaired) electrons. The van der Waals surface area contributed by atoms with Gasteiger partial charge in [0.1, 0.15) is 11.6 Å². The van der Waals surface area contributed by atoms with Gasteiger partial charge >= 0.3 is 0 Å². The number of rotatable bonds is 3. The van der Waals surface area contributed by atoms with Crippen molar-refractivity contribution in [3.8, 4) is 0 Å². The third-order valence-electron chi connectivity index (χ3n) is 5.29. The van der Waals surface area contributed by atoms with E-state index in [1.54, 1.807) is 0 Å². The maximum absolute atomic E-state index is 13.0. The zero-order valence-electron chi connectivity index (χ0n) is 12.4. The van der Waals surface area contributed by atoms with Crippen molar-refractivity contribution in [3.05, 3.63) is 0 Å². The van der Waals surface area contributed by atoms with Crippen molar-refractivity contribution in [1.29, 1.82) is 0 Å². The number of piperazine rings is 1. The van der Waals surface area contributed by atoms with Crippen LogP contribution in [-0.2, 0) is 9.59 Å². The number of nitrogens with one attached hydrogen (secondary N) is 1. The molecule has 1 saturated heterocycles. The molecule has 3 aliphatic rings. The first-order valence-electron chi connectivity index (χ1n) is 7.70. The summed E-state index contributed by atoms with van der Waals surface area (Å²) in [5, 5.41) is 3.05. The Kier molecular flexibility index (Phi) is 3.51. The van der Waals surface area contributed by atoms with Crippen molar-refractivity contribution in [2.75, 3.05) is 12.8 Å². The van der Waals surface area contributed by atoms with Gasteiger partial charge < -0.3 is 10.2 Å². The SMILES string of the molecule is CSC1(CN2C(=O)C3(CCCCC3)NC(=O)C2C)CC1. The molecule has 0 bridgehead atoms. The predicted molar refractivity (Wildman–Crippen MR) is 80.6 cm³/mol. The second-order valence-corrected chi connectivity index (χ2v) is 7.90. The van der Waals surface area contributed by atoms with Crippen LogP contribution in [0.3, 0.4) is 0 Å². The first-order chi connectivity index (χ1) is 9.52. The molecule has 0 aromatic carbocycles. The molecule has 1 N–H and O–H groups in total. The summed E-state index contributed by atoms with van der Waals surface area (Å²) >= 11 is 1.85. The van der Waals surface area contributed by atoms with Gasteiger partial charge in [0.2, 0.25) is 11.8 Å². The van der Waals surface area contributed by atoms with Crippen LogP contribution < -0.4 is 5.32 Å². The highest BCUT2D eigenvalue weighted by molar-refractivity contribution is 8.00. The predicted octanol–water partition coefficient (Wildman–Crippen LogP) is 1.93. The monoisotopic (exact) mass is 296 g/mol. The number of nitrogens with zero attached hydrogens (tertiary/aromatic N) is 1. The summed E-state index contributed by atoms with van der Waals surface area (Å²) in [5.74, 6) is 0.202. The Balaban J connectivity index is 1.83. The number of carbonyl (C=O) groups is 2. The van der Waals surface area contributed by atoms with E-state index in [0.717, 1.165) is 32.2 Å². The van der Waals surface area contributed by atoms with Gasteiger partial charge in [0, 0.05) is 11.3 Å². The van der Waals surface area contributed by atoms with Crippen molar-refractivity contribution in [2.45, 2.75) is 68.2 Å². The lowest BCUT2D eigenvalue weighted by Crippen LogP contribution is -2.70. The Hall–Kier alpha value is -0.710. The molecule has 3 fully saturated rings. The zero-order valence-corrected chi connectivity index (χ0v) is 13.2. The first-order valence-corrected chi connectivity index (χ1v) is 8.93. The molecular formula is C15H24N2O2S. The molecular weight excluding hydrogens is 272 g/mol. The molecule has 2 aliphatic carbocycles. The van der Waals surface area contributed by atoms with E-state index in [-0.39, 0.29) is 22.6 Å². The molecule has 0 aromatic rings. The summed E-state index contributed by atoms with van der Waals surface area (Å²) < 4.78 is 0.220. The summed E-state index contributed by atoms with van der Waals surface area (Å²) in [6.45, 7) is 2.60. The van der Waals surface area contributed by atoms with Crippen molar-refractivity contribution in [3.63, 3.8) is 0 Å². The maximum Gasteiger partial charge on any atom is 0.249 e. The molecule has 1 unspecified atom stereocenters. The molecule has 2 saturated carbocycles. The number of hydrogen-bond donors (Lipinski definition) is 1. The van der Waals surface area contributed by atoms with E-state index in [4.69, 9.17) is 0 Å². The van der Waals surface area contributed by atoms with Gasteiger partial charge in [0.05, 0.1) is 0 Å². The van der Waals surface area contributed by atoms with E-state index in [1.165, 1.54) is 19.3 Å². The average molecular weight is 296 g/mol. The highest BCUT2D eigenvalue weighted by Crippen LogP contribution is 2.48. The molecule has 4 nitrogen and oxygen atoms in total. The minimum atomic E-state index is -0.587. The Labute approximate surface area is 125 Å². The normalized spacial score (nSPS) is 31.3. The highest BCUT2D eigenvalue weighted by atomic mass is 32.2. The number of amides is 2. The van der Waals surface area contributed by atoms with Crippen LogP contribution in [0, 0.1) is 0 Å². The Morgan fingerprint density at radius 3 is 2.40 bits per heavy atom. The Morgan fingerprint density at radius 2 is 1.85 bits per heavy atom. The van der Waals surface area contributed by atoms with Gasteiger partial charge in [-0.1, -0.05) is 19.3 Å². The largest absolute Gasteiger partial charge is 0.340 e. The van der Waals surface area contributed by atoms with E-state index >= 15 is 0 Å². The molecule has 1 atom stereocenters. The van der Waals surface area contributed by atoms with Crippen LogP contribution in [0.15, 0.2) is 0 Å². The van der Waals surface area contributed by atoms with Gasteiger partial charge in [-0.15, -0.1) is 0 Å². The van der Waals surface area contributed by atoms with Gasteiger partial charge in [-0.25, -0.2) is 0 Å². The molecule has 20 heavy (non-hydrogen) atoms. The van der Waals surface area contributed by atoms with Crippen LogP contribution in [0.4, 0.5) is 0 Å². The maximum atomic E-state index is 13.0. The van der Waals surface area contributed by atoms with E-state index in [2.05, 4.69) is 11.6 Å². The molecule has 1 aliphatic heterocycles. The Bertz CT molecular complexity index is 428. The molecule has 2 amide bonds. The number of hydrogen-bond acceptors (Lipinski definition) is 3. The minimum Gasteiger partial charge on any atom is -0.340 e. The topological polar surface area (TPSA) is 49.4 Å². The average Bonchev–Trinajstić information content (AvgIpc) is 3.23. The van der Waals surface area contributed by atoms with Crippen molar-refractivity contribution < 1.29 is 9.59 Å². The van der Waals surface area contributed by atoms with Gasteiger partial charge in [-0.3, -0.25) is 9.59 Å². The van der Waals surface area contributed by atoms with Gasteiger partial charge in [-0.2, -0.15) is 11.8 Å². The molecule has 112 valence electrons. The van der Waals surface area contributed by atoms with Crippen LogP contribution >= 0.6 is 11.8 Å². The fourth-order valence-corrected chi connectivity index (χ4v) is 4.34. The van der Waals surface area contributed by atoms with E-state index in [9.17, 15) is 9.59 Å². The lowest BCUT2D eigenvalue weighted by Gasteiger charge is -2.47. The summed E-state index contributed by atoms with van der Waals surface area (Å²) in [6, 6.07) is -0.320. The van der Waals surface area contributed by atoms with Gasteiger partial charge in [-0.05, 0) is 38.9 Å². The second-order valence-electron chi connectivity index (χ2n) is 6.63. The quantitative estimate of drug-likeness (QED) is 0.866. The van der Waals surface area contributed by atoms with Crippen molar-refractivity contribution in [2.24, 2.45) is 0 Å². The highest BCUT2D eigenvalue weighted by Gasteiger charge is 2.53. The van der Waals surface area contributed by atoms with Crippen LogP contribution in [0.25, 0.3) is 0 Å². The van der Waals surface area contributed by atoms with Crippen molar-refractivity contribution >= 4 is 23.6 Å². The fraction of sp³-hybridized carbons (Fsp3) is 0.867. The first kappa shape index (κ1) is 14.2. The van der Waals surface area contributed by atoms with Crippen LogP contribution in [-0.4, -0.2) is 45.8 Å². The molecule has 1 heterocycles. The summed E-state index contributed by atoms with van der Waals surface area (Å²) in [6.07, 6.45) is 9.33. The lowest BCUT2D eigenvalue weighted by molar-refractivity contribution is -0.156. The minimum absolute atomic E-state index is 0.0309. The number of carbonyl (C=O) groups excluding carboxylic acids is 2. The van der Waals surface area contributed by atoms with E-state index in [0.29, 0.717) is 0 Å². The van der Waals surface area contributed by atoms with Gasteiger partial charge in [0.25, 0.3) is 0 Å². The standard InChI is InChI=1S/C15H24N2O2S/c1-11-12(18)16-15(6-4-3-5-7-15)13(19)17(11)10-14(20-2)8-9-14/h11H,3-10H2,1-2H3,(H,16,18). The van der Waals surface area contributed by atoms with Crippen molar-refractivity contribution in [1.82, 2.24) is 10.2 Å². The summed E-state index contributed by atoms with van der Waals surface area (Å²) in [4.78, 5) is 27.2. The van der Waals surface area contributed by atoms with E-state index in [1.807, 2.05) is 23.6 Å². The zero-order chi connectivity index (χ0) is 14.4. The molecule has 1 spiro atoms. The van der Waals surface area contributed by atoms with Crippen LogP contribution in [0.1, 0.15) is 51.9 Å². The molecule has 0 aromatic heterocycles. The fourth-order valence-electron chi connectivity index (χ4n) is 3.57. The van der Waals surface area contributed by atoms with Crippen LogP contribution in [0.2, 0.25) is 0 Å². The third kappa shape index (κ3) is 2.24. The molecule has 5 heteroatoms. The van der Waals surface area contributed by atoms with Crippen LogP contribution in [0.5, 0.6) is 0 Å². The van der Waals surface area contributed by atoms with E-state index < -0.39 is 5.54 Å². The number of thioether (sulfide) groups is 1. The van der Waals surface area contributed by atoms with Gasteiger partial charge in [0.15, 0.2) is 0 Å². The smallest absolute Gasteiger partial charge is 0.249 e. The lowest BCUT2D eigenvalue weighted by atomic mass is 9.78. The third-order valence-corrected chi connectivity index (χ3v) is 6.69. The molecule has 3 rings (SSSR count). The second kappa shape index (κ2) is 4.93. The Morgan fingerprint density at radius 1 is 1.20 bits per heavy atom.